The molecule has 0 aliphatic heterocycles. The van der Waals surface area contributed by atoms with E-state index in [2.05, 4.69) is 0 Å². The average Bonchev–Trinajstić information content (AvgIpc) is 2.30. The Kier molecular flexibility index (Phi) is 4.59. The van der Waals surface area contributed by atoms with Gasteiger partial charge >= 0.3 is 5.97 Å². The van der Waals surface area contributed by atoms with E-state index < -0.39 is 38.9 Å². The molecule has 8 heteroatoms. The molecule has 0 fully saturated rings. The van der Waals surface area contributed by atoms with Crippen LogP contribution in [0.4, 0.5) is 8.78 Å². The van der Waals surface area contributed by atoms with E-state index in [0.29, 0.717) is 6.07 Å². The highest BCUT2D eigenvalue weighted by atomic mass is 32.2. The van der Waals surface area contributed by atoms with Crippen molar-refractivity contribution < 1.29 is 27.1 Å². The van der Waals surface area contributed by atoms with E-state index in [9.17, 15) is 22.0 Å². The fourth-order valence-electron chi connectivity index (χ4n) is 1.37. The van der Waals surface area contributed by atoms with Gasteiger partial charge in [0.25, 0.3) is 0 Å². The summed E-state index contributed by atoms with van der Waals surface area (Å²) in [5, 5.41) is 8.49. The van der Waals surface area contributed by atoms with E-state index in [-0.39, 0.29) is 12.1 Å². The molecule has 1 aromatic rings. The maximum atomic E-state index is 13.5. The molecule has 1 rings (SSSR count). The molecule has 0 saturated carbocycles. The molecule has 0 amide bonds. The summed E-state index contributed by atoms with van der Waals surface area (Å²) < 4.78 is 51.3. The number of carbonyl (C=O) groups is 1. The Hall–Kier alpha value is -1.54. The molecule has 1 N–H and O–H groups in total. The maximum Gasteiger partial charge on any atom is 0.304 e. The van der Waals surface area contributed by atoms with Crippen molar-refractivity contribution in [3.63, 3.8) is 0 Å². The van der Waals surface area contributed by atoms with Crippen molar-refractivity contribution in [2.24, 2.45) is 0 Å². The van der Waals surface area contributed by atoms with Crippen LogP contribution in [0.5, 0.6) is 0 Å². The SMILES string of the molecule is Cc1cc(S(=O)(=O)N(C)CCC(=O)O)c(F)cc1F. The van der Waals surface area contributed by atoms with Crippen LogP contribution >= 0.6 is 0 Å². The van der Waals surface area contributed by atoms with E-state index in [0.717, 1.165) is 17.4 Å². The third-order valence-corrected chi connectivity index (χ3v) is 4.41. The minimum Gasteiger partial charge on any atom is -0.481 e. The fourth-order valence-corrected chi connectivity index (χ4v) is 2.67. The first kappa shape index (κ1) is 15.5. The second-order valence-corrected chi connectivity index (χ2v) is 6.02. The number of carboxylic acid groups (broad SMARTS) is 1. The number of hydrogen-bond acceptors (Lipinski definition) is 3. The molecule has 0 aromatic heterocycles. The van der Waals surface area contributed by atoms with Crippen LogP contribution in [0.1, 0.15) is 12.0 Å². The second kappa shape index (κ2) is 5.62. The summed E-state index contributed by atoms with van der Waals surface area (Å²) in [5.74, 6) is -3.22. The van der Waals surface area contributed by atoms with Gasteiger partial charge in [0.05, 0.1) is 6.42 Å². The Morgan fingerprint density at radius 2 is 1.89 bits per heavy atom. The van der Waals surface area contributed by atoms with E-state index in [1.54, 1.807) is 0 Å². The Morgan fingerprint density at radius 3 is 2.42 bits per heavy atom. The molecule has 0 heterocycles. The quantitative estimate of drug-likeness (QED) is 0.889. The van der Waals surface area contributed by atoms with Gasteiger partial charge in [-0.3, -0.25) is 4.79 Å². The standard InChI is InChI=1S/C11H13F2NO4S/c1-7-5-10(9(13)6-8(7)12)19(17,18)14(2)4-3-11(15)16/h5-6H,3-4H2,1-2H3,(H,15,16). The molecular weight excluding hydrogens is 280 g/mol. The van der Waals surface area contributed by atoms with Crippen molar-refractivity contribution in [1.29, 1.82) is 0 Å². The predicted octanol–water partition coefficient (Wildman–Crippen LogP) is 1.37. The van der Waals surface area contributed by atoms with Gasteiger partial charge in [0.15, 0.2) is 0 Å². The van der Waals surface area contributed by atoms with Gasteiger partial charge < -0.3 is 5.11 Å². The zero-order valence-electron chi connectivity index (χ0n) is 10.4. The Balaban J connectivity index is 3.13. The number of nitrogens with zero attached hydrogens (tertiary/aromatic N) is 1. The maximum absolute atomic E-state index is 13.5. The van der Waals surface area contributed by atoms with Gasteiger partial charge in [0.2, 0.25) is 10.0 Å². The van der Waals surface area contributed by atoms with Crippen LogP contribution in [0.2, 0.25) is 0 Å². The number of rotatable bonds is 5. The summed E-state index contributed by atoms with van der Waals surface area (Å²) in [6.07, 6.45) is -0.405. The molecule has 19 heavy (non-hydrogen) atoms. The normalized spacial score (nSPS) is 11.8. The molecule has 0 radical (unpaired) electrons. The number of carboxylic acids is 1. The van der Waals surface area contributed by atoms with Crippen molar-refractivity contribution in [3.05, 3.63) is 29.3 Å². The van der Waals surface area contributed by atoms with Crippen molar-refractivity contribution in [3.8, 4) is 0 Å². The topological polar surface area (TPSA) is 74.7 Å². The summed E-state index contributed by atoms with van der Waals surface area (Å²) in [5.41, 5.74) is -0.00777. The minimum atomic E-state index is -4.18. The molecule has 0 aliphatic rings. The van der Waals surface area contributed by atoms with Gasteiger partial charge in [-0.05, 0) is 18.6 Å². The third kappa shape index (κ3) is 3.48. The van der Waals surface area contributed by atoms with Crippen molar-refractivity contribution in [2.45, 2.75) is 18.2 Å². The van der Waals surface area contributed by atoms with Crippen LogP contribution in [0.25, 0.3) is 0 Å². The van der Waals surface area contributed by atoms with E-state index >= 15 is 0 Å². The van der Waals surface area contributed by atoms with Crippen molar-refractivity contribution in [1.82, 2.24) is 4.31 Å². The number of aliphatic carboxylic acids is 1. The van der Waals surface area contributed by atoms with Crippen LogP contribution < -0.4 is 0 Å². The number of sulfonamides is 1. The van der Waals surface area contributed by atoms with Crippen molar-refractivity contribution in [2.75, 3.05) is 13.6 Å². The number of hydrogen-bond donors (Lipinski definition) is 1. The zero-order valence-corrected chi connectivity index (χ0v) is 11.2. The van der Waals surface area contributed by atoms with Crippen LogP contribution in [-0.4, -0.2) is 37.4 Å². The lowest BCUT2D eigenvalue weighted by Gasteiger charge is -2.17. The van der Waals surface area contributed by atoms with Crippen LogP contribution in [-0.2, 0) is 14.8 Å². The molecular formula is C11H13F2NO4S. The number of halogens is 2. The molecule has 5 nitrogen and oxygen atoms in total. The highest BCUT2D eigenvalue weighted by Gasteiger charge is 2.25. The number of aryl methyl sites for hydroxylation is 1. The third-order valence-electron chi connectivity index (χ3n) is 2.54. The highest BCUT2D eigenvalue weighted by Crippen LogP contribution is 2.21. The van der Waals surface area contributed by atoms with Crippen molar-refractivity contribution >= 4 is 16.0 Å². The van der Waals surface area contributed by atoms with E-state index in [1.807, 2.05) is 0 Å². The van der Waals surface area contributed by atoms with Gasteiger partial charge in [0, 0.05) is 19.7 Å². The van der Waals surface area contributed by atoms with Gasteiger partial charge in [0.1, 0.15) is 16.5 Å². The molecule has 1 aromatic carbocycles. The van der Waals surface area contributed by atoms with Gasteiger partial charge in [-0.15, -0.1) is 0 Å². The largest absolute Gasteiger partial charge is 0.481 e. The molecule has 0 spiro atoms. The molecule has 0 saturated heterocycles. The smallest absolute Gasteiger partial charge is 0.304 e. The Morgan fingerprint density at radius 1 is 1.32 bits per heavy atom. The van der Waals surface area contributed by atoms with Crippen LogP contribution in [0, 0.1) is 18.6 Å². The average molecular weight is 293 g/mol. The summed E-state index contributed by atoms with van der Waals surface area (Å²) in [7, 11) is -3.04. The minimum absolute atomic E-state index is 0.00777. The first-order valence-corrected chi connectivity index (χ1v) is 6.74. The van der Waals surface area contributed by atoms with E-state index in [4.69, 9.17) is 5.11 Å². The predicted molar refractivity (Wildman–Crippen MR) is 63.2 cm³/mol. The Bertz CT molecular complexity index is 601. The first-order valence-electron chi connectivity index (χ1n) is 5.30. The highest BCUT2D eigenvalue weighted by molar-refractivity contribution is 7.89. The molecule has 0 unspecified atom stereocenters. The summed E-state index contributed by atoms with van der Waals surface area (Å²) in [6.45, 7) is 1.01. The molecule has 0 bridgehead atoms. The number of benzene rings is 1. The van der Waals surface area contributed by atoms with E-state index in [1.165, 1.54) is 6.92 Å². The van der Waals surface area contributed by atoms with Gasteiger partial charge in [-0.25, -0.2) is 21.5 Å². The summed E-state index contributed by atoms with van der Waals surface area (Å²) in [6, 6.07) is 1.38. The zero-order chi connectivity index (χ0) is 14.8. The lowest BCUT2D eigenvalue weighted by Crippen LogP contribution is -2.30. The monoisotopic (exact) mass is 293 g/mol. The summed E-state index contributed by atoms with van der Waals surface area (Å²) >= 11 is 0. The second-order valence-electron chi connectivity index (χ2n) is 4.00. The molecule has 0 atom stereocenters. The van der Waals surface area contributed by atoms with Crippen LogP contribution in [0.3, 0.4) is 0 Å². The summed E-state index contributed by atoms with van der Waals surface area (Å²) in [4.78, 5) is 9.72. The lowest BCUT2D eigenvalue weighted by molar-refractivity contribution is -0.137. The van der Waals surface area contributed by atoms with Gasteiger partial charge in [-0.2, -0.15) is 0 Å². The van der Waals surface area contributed by atoms with Crippen LogP contribution in [0.15, 0.2) is 17.0 Å². The lowest BCUT2D eigenvalue weighted by atomic mass is 10.2. The first-order chi connectivity index (χ1) is 8.66. The Labute approximate surface area is 109 Å². The molecule has 0 aliphatic carbocycles. The fraction of sp³-hybridized carbons (Fsp3) is 0.364. The van der Waals surface area contributed by atoms with Gasteiger partial charge in [-0.1, -0.05) is 0 Å². The molecule has 106 valence electrons.